The molecule has 0 N–H and O–H groups in total. The van der Waals surface area contributed by atoms with E-state index in [9.17, 15) is 0 Å². The molecule has 2 aliphatic rings. The Bertz CT molecular complexity index is 651. The van der Waals surface area contributed by atoms with Crippen molar-refractivity contribution in [3.8, 4) is 0 Å². The van der Waals surface area contributed by atoms with Gasteiger partial charge in [-0.25, -0.2) is 9.97 Å². The smallest absolute Gasteiger partial charge is 0.141 e. The Hall–Kier alpha value is -1.20. The number of hydrogen-bond acceptors (Lipinski definition) is 5. The summed E-state index contributed by atoms with van der Waals surface area (Å²) < 4.78 is 0. The van der Waals surface area contributed by atoms with E-state index in [-0.39, 0.29) is 0 Å². The van der Waals surface area contributed by atoms with Gasteiger partial charge in [0, 0.05) is 30.6 Å². The largest absolute Gasteiger partial charge is 0.353 e. The predicted octanol–water partition coefficient (Wildman–Crippen LogP) is 2.59. The maximum absolute atomic E-state index is 4.62. The molecule has 2 saturated heterocycles. The van der Waals surface area contributed by atoms with Crippen LogP contribution in [0.4, 0.5) is 5.82 Å². The molecule has 2 aromatic rings. The first-order valence-electron chi connectivity index (χ1n) is 7.44. The standard InChI is InChI=1S/C15H20N4S/c1-10-11(2)20-15-13(10)14(16-9-17-15)19-7-6-18-5-3-4-12(18)8-19/h9,12H,3-8H2,1-2H3/t12-/m0/s1. The molecule has 2 fully saturated rings. The number of piperazine rings is 1. The van der Waals surface area contributed by atoms with Crippen LogP contribution in [0.5, 0.6) is 0 Å². The molecule has 0 unspecified atom stereocenters. The molecule has 0 radical (unpaired) electrons. The zero-order chi connectivity index (χ0) is 13.7. The summed E-state index contributed by atoms with van der Waals surface area (Å²) >= 11 is 1.79. The zero-order valence-electron chi connectivity index (χ0n) is 12.1. The maximum Gasteiger partial charge on any atom is 0.141 e. The number of hydrogen-bond donors (Lipinski definition) is 0. The van der Waals surface area contributed by atoms with Crippen LogP contribution < -0.4 is 4.90 Å². The molecular weight excluding hydrogens is 268 g/mol. The van der Waals surface area contributed by atoms with Crippen LogP contribution in [-0.4, -0.2) is 47.1 Å². The Labute approximate surface area is 123 Å². The lowest BCUT2D eigenvalue weighted by Crippen LogP contribution is -2.50. The van der Waals surface area contributed by atoms with Crippen LogP contribution >= 0.6 is 11.3 Å². The first-order valence-corrected chi connectivity index (χ1v) is 8.25. The van der Waals surface area contributed by atoms with E-state index in [1.165, 1.54) is 41.8 Å². The minimum atomic E-state index is 0.730. The van der Waals surface area contributed by atoms with Gasteiger partial charge in [-0.1, -0.05) is 0 Å². The van der Waals surface area contributed by atoms with Gasteiger partial charge in [-0.3, -0.25) is 4.90 Å². The van der Waals surface area contributed by atoms with Gasteiger partial charge in [-0.15, -0.1) is 11.3 Å². The maximum atomic E-state index is 4.62. The molecule has 4 nitrogen and oxygen atoms in total. The molecule has 4 rings (SSSR count). The third-order valence-corrected chi connectivity index (χ3v) is 5.95. The third-order valence-electron chi connectivity index (χ3n) is 4.83. The summed E-state index contributed by atoms with van der Waals surface area (Å²) in [7, 11) is 0. The van der Waals surface area contributed by atoms with Gasteiger partial charge in [-0.05, 0) is 38.8 Å². The molecule has 1 atom stereocenters. The average molecular weight is 288 g/mol. The molecule has 0 bridgehead atoms. The van der Waals surface area contributed by atoms with E-state index in [2.05, 4.69) is 33.6 Å². The molecule has 0 spiro atoms. The van der Waals surface area contributed by atoms with Crippen LogP contribution in [0, 0.1) is 13.8 Å². The summed E-state index contributed by atoms with van der Waals surface area (Å²) in [6, 6.07) is 0.730. The van der Waals surface area contributed by atoms with Crippen LogP contribution in [0.3, 0.4) is 0 Å². The molecule has 0 amide bonds. The van der Waals surface area contributed by atoms with E-state index in [1.807, 2.05) is 0 Å². The molecule has 0 aromatic carbocycles. The number of anilines is 1. The van der Waals surface area contributed by atoms with Crippen molar-refractivity contribution >= 4 is 27.4 Å². The lowest BCUT2D eigenvalue weighted by molar-refractivity contribution is 0.230. The number of rotatable bonds is 1. The summed E-state index contributed by atoms with van der Waals surface area (Å²) in [6.45, 7) is 9.07. The Balaban J connectivity index is 1.75. The molecule has 5 heteroatoms. The van der Waals surface area contributed by atoms with Crippen LogP contribution in [0.25, 0.3) is 10.2 Å². The predicted molar refractivity (Wildman–Crippen MR) is 83.7 cm³/mol. The van der Waals surface area contributed by atoms with Gasteiger partial charge < -0.3 is 4.90 Å². The minimum absolute atomic E-state index is 0.730. The highest BCUT2D eigenvalue weighted by atomic mass is 32.1. The van der Waals surface area contributed by atoms with Crippen molar-refractivity contribution in [2.45, 2.75) is 32.7 Å². The second-order valence-corrected chi connectivity index (χ2v) is 7.14. The number of nitrogens with zero attached hydrogens (tertiary/aromatic N) is 4. The summed E-state index contributed by atoms with van der Waals surface area (Å²) in [5.74, 6) is 1.16. The van der Waals surface area contributed by atoms with Gasteiger partial charge in [0.15, 0.2) is 0 Å². The molecule has 2 aromatic heterocycles. The monoisotopic (exact) mass is 288 g/mol. The summed E-state index contributed by atoms with van der Waals surface area (Å²) in [4.78, 5) is 16.7. The van der Waals surface area contributed by atoms with Crippen molar-refractivity contribution in [3.63, 3.8) is 0 Å². The lowest BCUT2D eigenvalue weighted by Gasteiger charge is -2.38. The lowest BCUT2D eigenvalue weighted by atomic mass is 10.1. The van der Waals surface area contributed by atoms with E-state index >= 15 is 0 Å². The van der Waals surface area contributed by atoms with Crippen molar-refractivity contribution in [1.29, 1.82) is 0 Å². The second kappa shape index (κ2) is 4.67. The van der Waals surface area contributed by atoms with Gasteiger partial charge in [0.1, 0.15) is 17.0 Å². The molecule has 0 aliphatic carbocycles. The molecule has 20 heavy (non-hydrogen) atoms. The summed E-state index contributed by atoms with van der Waals surface area (Å²) in [5.41, 5.74) is 1.36. The highest BCUT2D eigenvalue weighted by molar-refractivity contribution is 7.18. The van der Waals surface area contributed by atoms with Crippen LogP contribution in [0.15, 0.2) is 6.33 Å². The average Bonchev–Trinajstić information content (AvgIpc) is 3.03. The van der Waals surface area contributed by atoms with Crippen molar-refractivity contribution in [1.82, 2.24) is 14.9 Å². The van der Waals surface area contributed by atoms with Crippen LogP contribution in [0.1, 0.15) is 23.3 Å². The number of fused-ring (bicyclic) bond motifs is 2. The zero-order valence-corrected chi connectivity index (χ0v) is 12.9. The van der Waals surface area contributed by atoms with Crippen molar-refractivity contribution in [3.05, 3.63) is 16.8 Å². The van der Waals surface area contributed by atoms with Crippen molar-refractivity contribution in [2.75, 3.05) is 31.1 Å². The Morgan fingerprint density at radius 2 is 2.10 bits per heavy atom. The highest BCUT2D eigenvalue weighted by Gasteiger charge is 2.32. The normalized spacial score (nSPS) is 23.5. The van der Waals surface area contributed by atoms with Crippen LogP contribution in [-0.2, 0) is 0 Å². The Morgan fingerprint density at radius 1 is 1.20 bits per heavy atom. The molecule has 2 aliphatic heterocycles. The van der Waals surface area contributed by atoms with Gasteiger partial charge in [0.05, 0.1) is 5.39 Å². The molecular formula is C15H20N4S. The van der Waals surface area contributed by atoms with Crippen molar-refractivity contribution in [2.24, 2.45) is 0 Å². The fourth-order valence-electron chi connectivity index (χ4n) is 3.59. The van der Waals surface area contributed by atoms with E-state index in [4.69, 9.17) is 0 Å². The highest BCUT2D eigenvalue weighted by Crippen LogP contribution is 2.35. The minimum Gasteiger partial charge on any atom is -0.353 e. The second-order valence-electron chi connectivity index (χ2n) is 5.94. The third kappa shape index (κ3) is 1.84. The summed E-state index contributed by atoms with van der Waals surface area (Å²) in [5, 5.41) is 1.28. The van der Waals surface area contributed by atoms with Gasteiger partial charge >= 0.3 is 0 Å². The first-order chi connectivity index (χ1) is 9.74. The molecule has 4 heterocycles. The van der Waals surface area contributed by atoms with Crippen LogP contribution in [0.2, 0.25) is 0 Å². The molecule has 0 saturated carbocycles. The van der Waals surface area contributed by atoms with E-state index in [1.54, 1.807) is 17.7 Å². The summed E-state index contributed by atoms with van der Waals surface area (Å²) in [6.07, 6.45) is 4.43. The molecule has 106 valence electrons. The van der Waals surface area contributed by atoms with Gasteiger partial charge in [0.2, 0.25) is 0 Å². The Kier molecular flexibility index (Phi) is 2.93. The van der Waals surface area contributed by atoms with Crippen molar-refractivity contribution < 1.29 is 0 Å². The first kappa shape index (κ1) is 12.5. The fourth-order valence-corrected chi connectivity index (χ4v) is 4.58. The Morgan fingerprint density at radius 3 is 3.00 bits per heavy atom. The van der Waals surface area contributed by atoms with Gasteiger partial charge in [-0.2, -0.15) is 0 Å². The van der Waals surface area contributed by atoms with Gasteiger partial charge in [0.25, 0.3) is 0 Å². The quantitative estimate of drug-likeness (QED) is 0.807. The number of aromatic nitrogens is 2. The fraction of sp³-hybridized carbons (Fsp3) is 0.600. The van der Waals surface area contributed by atoms with E-state index < -0.39 is 0 Å². The van der Waals surface area contributed by atoms with E-state index in [0.717, 1.165) is 29.8 Å². The SMILES string of the molecule is Cc1sc2ncnc(N3CCN4CCC[C@H]4C3)c2c1C. The number of aryl methyl sites for hydroxylation is 2. The number of thiophene rings is 1. The van der Waals surface area contributed by atoms with E-state index in [0.29, 0.717) is 0 Å². The topological polar surface area (TPSA) is 32.3 Å².